The minimum absolute atomic E-state index is 0.307. The molecule has 0 aliphatic rings. The van der Waals surface area contributed by atoms with Crippen LogP contribution in [-0.4, -0.2) is 23.4 Å². The van der Waals surface area contributed by atoms with Gasteiger partial charge in [-0.1, -0.05) is 58.3 Å². The Hall–Kier alpha value is -0.0800. The van der Waals surface area contributed by atoms with Gasteiger partial charge in [-0.25, -0.2) is 0 Å². The van der Waals surface area contributed by atoms with Gasteiger partial charge in [0.05, 0.1) is 0 Å². The van der Waals surface area contributed by atoms with Crippen LogP contribution in [0, 0.1) is 5.92 Å². The van der Waals surface area contributed by atoms with Crippen molar-refractivity contribution in [2.45, 2.75) is 77.6 Å². The van der Waals surface area contributed by atoms with Gasteiger partial charge in [0.2, 0.25) is 0 Å². The summed E-state index contributed by atoms with van der Waals surface area (Å²) in [5.41, 5.74) is 0. The summed E-state index contributed by atoms with van der Waals surface area (Å²) in [5.74, 6) is 0.500. The SMILES string of the molecule is CCCCCCCCC(CO)CCCCCO. The maximum Gasteiger partial charge on any atom is 0.0459 e. The Bertz CT molecular complexity index is 137. The van der Waals surface area contributed by atoms with Crippen molar-refractivity contribution in [1.82, 2.24) is 0 Å². The van der Waals surface area contributed by atoms with Crippen LogP contribution in [0.1, 0.15) is 77.6 Å². The molecule has 0 amide bonds. The summed E-state index contributed by atoms with van der Waals surface area (Å²) >= 11 is 0. The first kappa shape index (κ1) is 16.9. The lowest BCUT2D eigenvalue weighted by molar-refractivity contribution is 0.202. The van der Waals surface area contributed by atoms with E-state index in [2.05, 4.69) is 6.92 Å². The first-order valence-corrected chi connectivity index (χ1v) is 7.56. The summed E-state index contributed by atoms with van der Waals surface area (Å²) in [6, 6.07) is 0. The van der Waals surface area contributed by atoms with Gasteiger partial charge in [-0.3, -0.25) is 0 Å². The molecule has 0 saturated carbocycles. The van der Waals surface area contributed by atoms with Crippen molar-refractivity contribution in [2.75, 3.05) is 13.2 Å². The molecule has 1 atom stereocenters. The van der Waals surface area contributed by atoms with Crippen molar-refractivity contribution in [2.24, 2.45) is 5.92 Å². The van der Waals surface area contributed by atoms with E-state index in [0.29, 0.717) is 19.1 Å². The molecule has 0 aromatic heterocycles. The molecule has 0 aromatic rings. The van der Waals surface area contributed by atoms with Crippen LogP contribution in [0.25, 0.3) is 0 Å². The molecule has 0 fully saturated rings. The Labute approximate surface area is 107 Å². The third kappa shape index (κ3) is 12.2. The Morgan fingerprint density at radius 3 is 1.76 bits per heavy atom. The van der Waals surface area contributed by atoms with Gasteiger partial charge in [-0.05, 0) is 25.2 Å². The number of rotatable bonds is 13. The van der Waals surface area contributed by atoms with E-state index in [4.69, 9.17) is 5.11 Å². The lowest BCUT2D eigenvalue weighted by atomic mass is 9.95. The Morgan fingerprint density at radius 1 is 0.706 bits per heavy atom. The molecule has 104 valence electrons. The lowest BCUT2D eigenvalue weighted by Gasteiger charge is -2.13. The highest BCUT2D eigenvalue weighted by Gasteiger charge is 2.06. The van der Waals surface area contributed by atoms with Crippen molar-refractivity contribution in [1.29, 1.82) is 0 Å². The standard InChI is InChI=1S/C15H32O2/c1-2-3-4-5-6-8-11-15(14-17)12-9-7-10-13-16/h15-17H,2-14H2,1H3. The molecule has 2 nitrogen and oxygen atoms in total. The first-order chi connectivity index (χ1) is 8.35. The number of hydrogen-bond donors (Lipinski definition) is 2. The second kappa shape index (κ2) is 14.0. The molecule has 0 saturated heterocycles. The molecule has 0 rings (SSSR count). The fourth-order valence-corrected chi connectivity index (χ4v) is 2.26. The molecule has 0 heterocycles. The molecule has 0 aromatic carbocycles. The van der Waals surface area contributed by atoms with E-state index in [0.717, 1.165) is 25.7 Å². The maximum absolute atomic E-state index is 9.27. The van der Waals surface area contributed by atoms with Gasteiger partial charge in [0, 0.05) is 13.2 Å². The molecule has 17 heavy (non-hydrogen) atoms. The van der Waals surface area contributed by atoms with Crippen molar-refractivity contribution < 1.29 is 10.2 Å². The van der Waals surface area contributed by atoms with Crippen molar-refractivity contribution in [3.63, 3.8) is 0 Å². The first-order valence-electron chi connectivity index (χ1n) is 7.56. The van der Waals surface area contributed by atoms with Crippen LogP contribution >= 0.6 is 0 Å². The summed E-state index contributed by atoms with van der Waals surface area (Å²) in [6.07, 6.45) is 13.5. The predicted octanol–water partition coefficient (Wildman–Crippen LogP) is 3.90. The van der Waals surface area contributed by atoms with Crippen LogP contribution in [-0.2, 0) is 0 Å². The zero-order valence-corrected chi connectivity index (χ0v) is 11.7. The largest absolute Gasteiger partial charge is 0.396 e. The van der Waals surface area contributed by atoms with E-state index in [1.165, 1.54) is 44.9 Å². The fourth-order valence-electron chi connectivity index (χ4n) is 2.26. The van der Waals surface area contributed by atoms with Crippen LogP contribution in [0.15, 0.2) is 0 Å². The van der Waals surface area contributed by atoms with Crippen LogP contribution in [0.2, 0.25) is 0 Å². The molecule has 0 aliphatic carbocycles. The zero-order valence-electron chi connectivity index (χ0n) is 11.7. The summed E-state index contributed by atoms with van der Waals surface area (Å²) < 4.78 is 0. The van der Waals surface area contributed by atoms with E-state index in [9.17, 15) is 5.11 Å². The van der Waals surface area contributed by atoms with Crippen LogP contribution < -0.4 is 0 Å². The summed E-state index contributed by atoms with van der Waals surface area (Å²) in [7, 11) is 0. The molecule has 2 heteroatoms. The molecular formula is C15H32O2. The fraction of sp³-hybridized carbons (Fsp3) is 1.00. The van der Waals surface area contributed by atoms with E-state index >= 15 is 0 Å². The molecule has 0 bridgehead atoms. The van der Waals surface area contributed by atoms with Crippen molar-refractivity contribution >= 4 is 0 Å². The molecule has 0 aliphatic heterocycles. The Morgan fingerprint density at radius 2 is 1.24 bits per heavy atom. The molecule has 0 spiro atoms. The van der Waals surface area contributed by atoms with Crippen molar-refractivity contribution in [3.05, 3.63) is 0 Å². The Balaban J connectivity index is 3.28. The van der Waals surface area contributed by atoms with E-state index < -0.39 is 0 Å². The zero-order chi connectivity index (χ0) is 12.8. The van der Waals surface area contributed by atoms with E-state index in [1.807, 2.05) is 0 Å². The highest BCUT2D eigenvalue weighted by molar-refractivity contribution is 4.59. The lowest BCUT2D eigenvalue weighted by Crippen LogP contribution is -2.06. The Kier molecular flexibility index (Phi) is 13.9. The summed E-state index contributed by atoms with van der Waals surface area (Å²) in [4.78, 5) is 0. The highest BCUT2D eigenvalue weighted by atomic mass is 16.3. The topological polar surface area (TPSA) is 40.5 Å². The van der Waals surface area contributed by atoms with E-state index in [1.54, 1.807) is 0 Å². The number of aliphatic hydroxyl groups is 2. The highest BCUT2D eigenvalue weighted by Crippen LogP contribution is 2.17. The van der Waals surface area contributed by atoms with Gasteiger partial charge < -0.3 is 10.2 Å². The minimum Gasteiger partial charge on any atom is -0.396 e. The van der Waals surface area contributed by atoms with Crippen molar-refractivity contribution in [3.8, 4) is 0 Å². The van der Waals surface area contributed by atoms with E-state index in [-0.39, 0.29) is 0 Å². The number of aliphatic hydroxyl groups excluding tert-OH is 2. The second-order valence-corrected chi connectivity index (χ2v) is 5.18. The number of hydrogen-bond acceptors (Lipinski definition) is 2. The molecule has 0 radical (unpaired) electrons. The maximum atomic E-state index is 9.27. The summed E-state index contributed by atoms with van der Waals surface area (Å²) in [5, 5.41) is 18.0. The predicted molar refractivity (Wildman–Crippen MR) is 74.1 cm³/mol. The van der Waals surface area contributed by atoms with Gasteiger partial charge in [-0.15, -0.1) is 0 Å². The van der Waals surface area contributed by atoms with Gasteiger partial charge >= 0.3 is 0 Å². The third-order valence-electron chi connectivity index (χ3n) is 3.49. The van der Waals surface area contributed by atoms with Crippen LogP contribution in [0.4, 0.5) is 0 Å². The molecule has 2 N–H and O–H groups in total. The normalized spacial score (nSPS) is 12.9. The van der Waals surface area contributed by atoms with Gasteiger partial charge in [-0.2, -0.15) is 0 Å². The van der Waals surface area contributed by atoms with Crippen LogP contribution in [0.3, 0.4) is 0 Å². The van der Waals surface area contributed by atoms with Crippen LogP contribution in [0.5, 0.6) is 0 Å². The van der Waals surface area contributed by atoms with Gasteiger partial charge in [0.1, 0.15) is 0 Å². The smallest absolute Gasteiger partial charge is 0.0459 e. The molecular weight excluding hydrogens is 212 g/mol. The minimum atomic E-state index is 0.307. The summed E-state index contributed by atoms with van der Waals surface area (Å²) in [6.45, 7) is 2.89. The second-order valence-electron chi connectivity index (χ2n) is 5.18. The monoisotopic (exact) mass is 244 g/mol. The van der Waals surface area contributed by atoms with Gasteiger partial charge in [0.25, 0.3) is 0 Å². The molecule has 1 unspecified atom stereocenters. The number of unbranched alkanes of at least 4 members (excludes halogenated alkanes) is 7. The average molecular weight is 244 g/mol. The quantitative estimate of drug-likeness (QED) is 0.482. The third-order valence-corrected chi connectivity index (χ3v) is 3.49. The van der Waals surface area contributed by atoms with Gasteiger partial charge in [0.15, 0.2) is 0 Å². The average Bonchev–Trinajstić information content (AvgIpc) is 2.36.